The van der Waals surface area contributed by atoms with Crippen LogP contribution in [0.3, 0.4) is 0 Å². The van der Waals surface area contributed by atoms with Gasteiger partial charge in [-0.1, -0.05) is 0 Å². The highest BCUT2D eigenvalue weighted by Crippen LogP contribution is 2.27. The number of rotatable bonds is 4. The van der Waals surface area contributed by atoms with Gasteiger partial charge in [-0.25, -0.2) is 4.79 Å². The second-order valence-electron chi connectivity index (χ2n) is 2.98. The summed E-state index contributed by atoms with van der Waals surface area (Å²) in [5, 5.41) is 0. The predicted molar refractivity (Wildman–Crippen MR) is 49.4 cm³/mol. The number of benzene rings is 1. The molecule has 0 atom stereocenters. The van der Waals surface area contributed by atoms with Gasteiger partial charge in [-0.15, -0.1) is 0 Å². The smallest absolute Gasteiger partial charge is 0.461 e. The Hall–Kier alpha value is -1.79. The van der Waals surface area contributed by atoms with Crippen LogP contribution in [0.15, 0.2) is 24.3 Å². The molecule has 0 unspecified atom stereocenters. The molecular weight excluding hydrogens is 244 g/mol. The number of esters is 1. The van der Waals surface area contributed by atoms with E-state index in [9.17, 15) is 22.4 Å². The number of carbonyl (C=O) groups is 1. The number of hydrogen-bond acceptors (Lipinski definition) is 3. The van der Waals surface area contributed by atoms with Gasteiger partial charge in [-0.2, -0.15) is 17.6 Å². The van der Waals surface area contributed by atoms with Gasteiger partial charge >= 0.3 is 18.5 Å². The van der Waals surface area contributed by atoms with Crippen molar-refractivity contribution in [2.45, 2.75) is 12.5 Å². The lowest BCUT2D eigenvalue weighted by Gasteiger charge is -2.16. The summed E-state index contributed by atoms with van der Waals surface area (Å²) in [6.07, 6.45) is -8.49. The molecule has 94 valence electrons. The third kappa shape index (κ3) is 3.33. The van der Waals surface area contributed by atoms with Crippen LogP contribution in [0.5, 0.6) is 5.75 Å². The van der Waals surface area contributed by atoms with Crippen molar-refractivity contribution >= 4 is 5.97 Å². The molecule has 0 spiro atoms. The zero-order chi connectivity index (χ0) is 13.1. The van der Waals surface area contributed by atoms with Crippen LogP contribution < -0.4 is 4.74 Å². The Morgan fingerprint density at radius 3 is 2.18 bits per heavy atom. The van der Waals surface area contributed by atoms with Crippen LogP contribution in [0.2, 0.25) is 0 Å². The molecule has 0 aromatic heterocycles. The Morgan fingerprint density at radius 1 is 1.24 bits per heavy atom. The van der Waals surface area contributed by atoms with Crippen molar-refractivity contribution in [1.29, 1.82) is 0 Å². The Labute approximate surface area is 93.9 Å². The maximum atomic E-state index is 12.5. The van der Waals surface area contributed by atoms with E-state index in [4.69, 9.17) is 0 Å². The molecule has 1 rings (SSSR count). The molecule has 0 radical (unpaired) electrons. The van der Waals surface area contributed by atoms with Crippen molar-refractivity contribution in [2.75, 3.05) is 7.11 Å². The van der Waals surface area contributed by atoms with Crippen LogP contribution in [-0.2, 0) is 4.74 Å². The van der Waals surface area contributed by atoms with Crippen molar-refractivity contribution in [3.63, 3.8) is 0 Å². The number of alkyl halides is 4. The number of carbonyl (C=O) groups excluding carboxylic acids is 1. The topological polar surface area (TPSA) is 35.5 Å². The van der Waals surface area contributed by atoms with E-state index < -0.39 is 24.3 Å². The summed E-state index contributed by atoms with van der Waals surface area (Å²) in [5.41, 5.74) is 0.0974. The van der Waals surface area contributed by atoms with Crippen LogP contribution in [0.4, 0.5) is 17.6 Å². The Morgan fingerprint density at radius 2 is 1.76 bits per heavy atom. The Kier molecular flexibility index (Phi) is 3.93. The summed E-state index contributed by atoms with van der Waals surface area (Å²) >= 11 is 0. The molecule has 0 heterocycles. The van der Waals surface area contributed by atoms with Gasteiger partial charge in [0.15, 0.2) is 0 Å². The van der Waals surface area contributed by atoms with Crippen LogP contribution in [-0.4, -0.2) is 25.6 Å². The van der Waals surface area contributed by atoms with Gasteiger partial charge < -0.3 is 9.47 Å². The summed E-state index contributed by atoms with van der Waals surface area (Å²) in [4.78, 5) is 11.0. The highest BCUT2D eigenvalue weighted by molar-refractivity contribution is 5.89. The Balaban J connectivity index is 2.79. The molecule has 17 heavy (non-hydrogen) atoms. The van der Waals surface area contributed by atoms with Crippen molar-refractivity contribution < 1.29 is 31.8 Å². The molecule has 7 heteroatoms. The number of ether oxygens (including phenoxy) is 2. The van der Waals surface area contributed by atoms with Crippen molar-refractivity contribution in [1.82, 2.24) is 0 Å². The molecule has 1 aromatic rings. The highest BCUT2D eigenvalue weighted by Gasteiger charge is 2.43. The third-order valence-corrected chi connectivity index (χ3v) is 1.78. The Bertz CT molecular complexity index is 389. The summed E-state index contributed by atoms with van der Waals surface area (Å²) < 4.78 is 56.8. The minimum absolute atomic E-state index is 0.0974. The molecule has 0 fully saturated rings. The van der Waals surface area contributed by atoms with E-state index in [1.165, 1.54) is 0 Å². The van der Waals surface area contributed by atoms with Gasteiger partial charge in [0.2, 0.25) is 0 Å². The van der Waals surface area contributed by atoms with Gasteiger partial charge in [-0.3, -0.25) is 0 Å². The molecule has 1 aromatic carbocycles. The SMILES string of the molecule is COC(=O)c1ccc(OC(F)(F)C(F)F)cc1. The van der Waals surface area contributed by atoms with Crippen LogP contribution >= 0.6 is 0 Å². The number of methoxy groups -OCH3 is 1. The minimum Gasteiger partial charge on any atom is -0.465 e. The zero-order valence-electron chi connectivity index (χ0n) is 8.62. The molecule has 0 N–H and O–H groups in total. The lowest BCUT2D eigenvalue weighted by Crippen LogP contribution is -2.33. The van der Waals surface area contributed by atoms with E-state index in [-0.39, 0.29) is 5.56 Å². The van der Waals surface area contributed by atoms with E-state index in [1.807, 2.05) is 0 Å². The second-order valence-corrected chi connectivity index (χ2v) is 2.98. The van der Waals surface area contributed by atoms with Gasteiger partial charge in [-0.05, 0) is 24.3 Å². The first-order valence-corrected chi connectivity index (χ1v) is 4.40. The fourth-order valence-corrected chi connectivity index (χ4v) is 0.979. The van der Waals surface area contributed by atoms with Gasteiger partial charge in [0.05, 0.1) is 12.7 Å². The predicted octanol–water partition coefficient (Wildman–Crippen LogP) is 2.71. The summed E-state index contributed by atoms with van der Waals surface area (Å²) in [5.74, 6) is -1.14. The van der Waals surface area contributed by atoms with Gasteiger partial charge in [0.1, 0.15) is 5.75 Å². The first-order chi connectivity index (χ1) is 7.86. The monoisotopic (exact) mass is 252 g/mol. The first-order valence-electron chi connectivity index (χ1n) is 4.40. The molecule has 0 aliphatic rings. The van der Waals surface area contributed by atoms with Crippen molar-refractivity contribution in [3.05, 3.63) is 29.8 Å². The van der Waals surface area contributed by atoms with Crippen molar-refractivity contribution in [2.24, 2.45) is 0 Å². The molecule has 0 bridgehead atoms. The lowest BCUT2D eigenvalue weighted by molar-refractivity contribution is -0.253. The third-order valence-electron chi connectivity index (χ3n) is 1.78. The average Bonchev–Trinajstić information content (AvgIpc) is 2.28. The normalized spacial score (nSPS) is 11.4. The maximum absolute atomic E-state index is 12.5. The molecule has 0 aliphatic carbocycles. The molecule has 0 saturated heterocycles. The number of halogens is 4. The summed E-state index contributed by atoms with van der Waals surface area (Å²) in [6, 6.07) is 4.20. The molecule has 0 amide bonds. The van der Waals surface area contributed by atoms with Crippen LogP contribution in [0, 0.1) is 0 Å². The first kappa shape index (κ1) is 13.3. The molecule has 3 nitrogen and oxygen atoms in total. The lowest BCUT2D eigenvalue weighted by atomic mass is 10.2. The minimum atomic E-state index is -4.56. The van der Waals surface area contributed by atoms with Gasteiger partial charge in [0, 0.05) is 0 Å². The van der Waals surface area contributed by atoms with E-state index in [2.05, 4.69) is 9.47 Å². The molecule has 0 aliphatic heterocycles. The fourth-order valence-electron chi connectivity index (χ4n) is 0.979. The van der Waals surface area contributed by atoms with Crippen LogP contribution in [0.25, 0.3) is 0 Å². The van der Waals surface area contributed by atoms with Crippen LogP contribution in [0.1, 0.15) is 10.4 Å². The van der Waals surface area contributed by atoms with E-state index in [0.717, 1.165) is 31.4 Å². The maximum Gasteiger partial charge on any atom is 0.461 e. The second kappa shape index (κ2) is 5.03. The largest absolute Gasteiger partial charge is 0.465 e. The zero-order valence-corrected chi connectivity index (χ0v) is 8.62. The summed E-state index contributed by atoms with van der Waals surface area (Å²) in [7, 11) is 1.15. The average molecular weight is 252 g/mol. The fraction of sp³-hybridized carbons (Fsp3) is 0.300. The molecular formula is C10H8F4O3. The van der Waals surface area contributed by atoms with E-state index >= 15 is 0 Å². The van der Waals surface area contributed by atoms with E-state index in [0.29, 0.717) is 0 Å². The van der Waals surface area contributed by atoms with E-state index in [1.54, 1.807) is 0 Å². The van der Waals surface area contributed by atoms with Crippen molar-refractivity contribution in [3.8, 4) is 5.75 Å². The summed E-state index contributed by atoms with van der Waals surface area (Å²) in [6.45, 7) is 0. The highest BCUT2D eigenvalue weighted by atomic mass is 19.3. The van der Waals surface area contributed by atoms with Gasteiger partial charge in [0.25, 0.3) is 0 Å². The quantitative estimate of drug-likeness (QED) is 0.610. The molecule has 0 saturated carbocycles. The number of hydrogen-bond donors (Lipinski definition) is 0. The standard InChI is InChI=1S/C10H8F4O3/c1-16-8(15)6-2-4-7(5-3-6)17-10(13,14)9(11)12/h2-5,9H,1H3.